The SMILES string of the molecule is CNCCC1=Cc2ccc(F)cc2S1(=O)=O. The topological polar surface area (TPSA) is 46.2 Å². The van der Waals surface area contributed by atoms with Crippen LogP contribution in [0.25, 0.3) is 6.08 Å². The van der Waals surface area contributed by atoms with Crippen LogP contribution in [0.15, 0.2) is 28.0 Å². The van der Waals surface area contributed by atoms with Crippen molar-refractivity contribution in [3.63, 3.8) is 0 Å². The van der Waals surface area contributed by atoms with Crippen molar-refractivity contribution in [3.05, 3.63) is 34.5 Å². The highest BCUT2D eigenvalue weighted by atomic mass is 32.2. The van der Waals surface area contributed by atoms with Crippen molar-refractivity contribution in [1.82, 2.24) is 5.32 Å². The molecule has 1 aromatic carbocycles. The van der Waals surface area contributed by atoms with Crippen LogP contribution in [0.2, 0.25) is 0 Å². The fourth-order valence-electron chi connectivity index (χ4n) is 1.71. The van der Waals surface area contributed by atoms with E-state index in [-0.39, 0.29) is 4.90 Å². The fourth-order valence-corrected chi connectivity index (χ4v) is 3.35. The number of halogens is 1. The zero-order valence-corrected chi connectivity index (χ0v) is 9.64. The maximum Gasteiger partial charge on any atom is 0.203 e. The van der Waals surface area contributed by atoms with E-state index in [9.17, 15) is 12.8 Å². The molecule has 1 aliphatic heterocycles. The van der Waals surface area contributed by atoms with E-state index in [1.54, 1.807) is 13.1 Å². The van der Waals surface area contributed by atoms with Crippen LogP contribution in [0.5, 0.6) is 0 Å². The van der Waals surface area contributed by atoms with Crippen molar-refractivity contribution in [3.8, 4) is 0 Å². The summed E-state index contributed by atoms with van der Waals surface area (Å²) in [6, 6.07) is 3.84. The number of benzene rings is 1. The van der Waals surface area contributed by atoms with Gasteiger partial charge < -0.3 is 5.32 Å². The fraction of sp³-hybridized carbons (Fsp3) is 0.273. The maximum atomic E-state index is 13.0. The second-order valence-electron chi connectivity index (χ2n) is 3.65. The molecule has 0 fully saturated rings. The summed E-state index contributed by atoms with van der Waals surface area (Å²) in [6.07, 6.45) is 2.04. The summed E-state index contributed by atoms with van der Waals surface area (Å²) in [7, 11) is -1.70. The lowest BCUT2D eigenvalue weighted by molar-refractivity contribution is 0.595. The lowest BCUT2D eigenvalue weighted by atomic mass is 10.2. The molecule has 1 heterocycles. The van der Waals surface area contributed by atoms with Gasteiger partial charge in [0.15, 0.2) is 0 Å². The number of rotatable bonds is 3. The number of nitrogens with one attached hydrogen (secondary N) is 1. The Kier molecular flexibility index (Phi) is 2.82. The minimum absolute atomic E-state index is 0.0820. The summed E-state index contributed by atoms with van der Waals surface area (Å²) in [5.41, 5.74) is 0.576. The van der Waals surface area contributed by atoms with E-state index in [0.29, 0.717) is 23.4 Å². The van der Waals surface area contributed by atoms with Gasteiger partial charge in [0, 0.05) is 0 Å². The van der Waals surface area contributed by atoms with Gasteiger partial charge in [0.05, 0.1) is 9.80 Å². The van der Waals surface area contributed by atoms with E-state index >= 15 is 0 Å². The molecule has 2 rings (SSSR count). The molecule has 0 bridgehead atoms. The largest absolute Gasteiger partial charge is 0.319 e. The Labute approximate surface area is 93.9 Å². The second-order valence-corrected chi connectivity index (χ2v) is 5.62. The van der Waals surface area contributed by atoms with Crippen molar-refractivity contribution in [1.29, 1.82) is 0 Å². The first-order chi connectivity index (χ1) is 7.55. The molecule has 0 saturated heterocycles. The summed E-state index contributed by atoms with van der Waals surface area (Å²) in [6.45, 7) is 0.585. The summed E-state index contributed by atoms with van der Waals surface area (Å²) >= 11 is 0. The molecule has 0 atom stereocenters. The third-order valence-corrected chi connectivity index (χ3v) is 4.49. The molecule has 1 aliphatic rings. The molecule has 86 valence electrons. The van der Waals surface area contributed by atoms with E-state index < -0.39 is 15.7 Å². The van der Waals surface area contributed by atoms with Gasteiger partial charge in [-0.05, 0) is 43.8 Å². The predicted octanol–water partition coefficient (Wildman–Crippen LogP) is 1.56. The van der Waals surface area contributed by atoms with Gasteiger partial charge >= 0.3 is 0 Å². The van der Waals surface area contributed by atoms with Gasteiger partial charge in [-0.25, -0.2) is 12.8 Å². The molecule has 0 aromatic heterocycles. The third kappa shape index (κ3) is 1.76. The van der Waals surface area contributed by atoms with E-state index in [4.69, 9.17) is 0 Å². The molecule has 5 heteroatoms. The molecular formula is C11H12FNO2S. The average molecular weight is 241 g/mol. The third-order valence-electron chi connectivity index (χ3n) is 2.55. The first-order valence-electron chi connectivity index (χ1n) is 4.95. The van der Waals surface area contributed by atoms with Crippen molar-refractivity contribution in [2.75, 3.05) is 13.6 Å². The van der Waals surface area contributed by atoms with Crippen LogP contribution < -0.4 is 5.32 Å². The van der Waals surface area contributed by atoms with Gasteiger partial charge in [0.1, 0.15) is 5.82 Å². The number of sulfone groups is 1. The minimum atomic E-state index is -3.46. The van der Waals surface area contributed by atoms with Crippen molar-refractivity contribution < 1.29 is 12.8 Å². The van der Waals surface area contributed by atoms with Crippen molar-refractivity contribution in [2.24, 2.45) is 0 Å². The Morgan fingerprint density at radius 2 is 2.12 bits per heavy atom. The molecule has 0 radical (unpaired) electrons. The summed E-state index contributed by atoms with van der Waals surface area (Å²) < 4.78 is 36.9. The summed E-state index contributed by atoms with van der Waals surface area (Å²) in [4.78, 5) is 0.432. The van der Waals surface area contributed by atoms with E-state index in [1.807, 2.05) is 0 Å². The van der Waals surface area contributed by atoms with Crippen LogP contribution >= 0.6 is 0 Å². The monoisotopic (exact) mass is 241 g/mol. The lowest BCUT2D eigenvalue weighted by Gasteiger charge is -2.03. The first-order valence-corrected chi connectivity index (χ1v) is 6.44. The minimum Gasteiger partial charge on any atom is -0.319 e. The normalized spacial score (nSPS) is 17.0. The van der Waals surface area contributed by atoms with Gasteiger partial charge in [-0.1, -0.05) is 6.07 Å². The highest BCUT2D eigenvalue weighted by molar-refractivity contribution is 7.95. The smallest absolute Gasteiger partial charge is 0.203 e. The summed E-state index contributed by atoms with van der Waals surface area (Å²) in [5.74, 6) is -0.523. The lowest BCUT2D eigenvalue weighted by Crippen LogP contribution is -2.11. The molecule has 0 amide bonds. The van der Waals surface area contributed by atoms with Crippen LogP contribution in [-0.4, -0.2) is 22.0 Å². The van der Waals surface area contributed by atoms with Gasteiger partial charge in [0.25, 0.3) is 0 Å². The molecule has 3 nitrogen and oxygen atoms in total. The Hall–Kier alpha value is -1.20. The molecular weight excluding hydrogens is 229 g/mol. The average Bonchev–Trinajstić information content (AvgIpc) is 2.48. The molecule has 1 aromatic rings. The standard InChI is InChI=1S/C11H12FNO2S/c1-13-5-4-10-6-8-2-3-9(12)7-11(8)16(10,14)15/h2-3,6-7,13H,4-5H2,1H3. The molecule has 16 heavy (non-hydrogen) atoms. The number of hydrogen-bond donors (Lipinski definition) is 1. The molecule has 0 unspecified atom stereocenters. The molecule has 0 saturated carbocycles. The first kappa shape index (κ1) is 11.3. The van der Waals surface area contributed by atoms with Crippen molar-refractivity contribution in [2.45, 2.75) is 11.3 Å². The quantitative estimate of drug-likeness (QED) is 0.873. The Morgan fingerprint density at radius 3 is 2.81 bits per heavy atom. The predicted molar refractivity (Wildman–Crippen MR) is 60.1 cm³/mol. The van der Waals surface area contributed by atoms with Gasteiger partial charge in [-0.15, -0.1) is 0 Å². The maximum absolute atomic E-state index is 13.0. The van der Waals surface area contributed by atoms with Gasteiger partial charge in [-0.2, -0.15) is 0 Å². The Morgan fingerprint density at radius 1 is 1.38 bits per heavy atom. The van der Waals surface area contributed by atoms with E-state index in [2.05, 4.69) is 5.32 Å². The number of hydrogen-bond acceptors (Lipinski definition) is 3. The zero-order chi connectivity index (χ0) is 11.8. The van der Waals surface area contributed by atoms with Gasteiger partial charge in [-0.3, -0.25) is 0 Å². The van der Waals surface area contributed by atoms with Gasteiger partial charge in [0.2, 0.25) is 9.84 Å². The molecule has 0 spiro atoms. The number of fused-ring (bicyclic) bond motifs is 1. The van der Waals surface area contributed by atoms with Crippen molar-refractivity contribution >= 4 is 15.9 Å². The Balaban J connectivity index is 2.44. The van der Waals surface area contributed by atoms with Crippen LogP contribution in [0.3, 0.4) is 0 Å². The van der Waals surface area contributed by atoms with Crippen LogP contribution in [0.1, 0.15) is 12.0 Å². The second kappa shape index (κ2) is 3.99. The van der Waals surface area contributed by atoms with Crippen LogP contribution in [0.4, 0.5) is 4.39 Å². The highest BCUT2D eigenvalue weighted by Gasteiger charge is 2.29. The van der Waals surface area contributed by atoms with Crippen LogP contribution in [0, 0.1) is 5.82 Å². The molecule has 0 aliphatic carbocycles. The highest BCUT2D eigenvalue weighted by Crippen LogP contribution is 2.34. The zero-order valence-electron chi connectivity index (χ0n) is 8.83. The Bertz CT molecular complexity index is 549. The van der Waals surface area contributed by atoms with Crippen LogP contribution in [-0.2, 0) is 9.84 Å². The molecule has 1 N–H and O–H groups in total. The summed E-state index contributed by atoms with van der Waals surface area (Å²) in [5, 5.41) is 2.89. The van der Waals surface area contributed by atoms with E-state index in [1.165, 1.54) is 12.1 Å². The van der Waals surface area contributed by atoms with E-state index in [0.717, 1.165) is 6.07 Å².